The largest absolute Gasteiger partial charge is 0.490 e. The molecule has 0 heterocycles. The lowest BCUT2D eigenvalue weighted by molar-refractivity contribution is -0.137. The van der Waals surface area contributed by atoms with Crippen molar-refractivity contribution in [3.8, 4) is 23.0 Å². The highest BCUT2D eigenvalue weighted by molar-refractivity contribution is 5.89. The standard InChI is InChI=1S/C59H108O6/c1-6-11-15-19-23-27-31-35-39-43-49-62-55-53-56(63-50-44-40-36-32-28-24-20-16-12-7-2)59(65-52-46-42-38-34-30-26-22-18-14-9-4)54(47-48-57(60)61-10-5)58(55)64-51-45-41-37-33-29-25-21-17-13-8-3/h47-48,53H,6-46,49-52H2,1-5H3. The highest BCUT2D eigenvalue weighted by atomic mass is 16.5. The smallest absolute Gasteiger partial charge is 0.330 e. The van der Waals surface area contributed by atoms with Gasteiger partial charge in [-0.05, 0) is 38.7 Å². The number of unbranched alkanes of at least 4 members (excludes halogenated alkanes) is 36. The molecule has 0 bridgehead atoms. The van der Waals surface area contributed by atoms with Crippen molar-refractivity contribution in [1.29, 1.82) is 0 Å². The zero-order chi connectivity index (χ0) is 46.9. The molecule has 0 aromatic heterocycles. The maximum Gasteiger partial charge on any atom is 0.330 e. The number of hydrogen-bond acceptors (Lipinski definition) is 6. The lowest BCUT2D eigenvalue weighted by atomic mass is 10.1. The van der Waals surface area contributed by atoms with Crippen molar-refractivity contribution < 1.29 is 28.5 Å². The summed E-state index contributed by atoms with van der Waals surface area (Å²) in [5.74, 6) is 2.29. The van der Waals surface area contributed by atoms with Gasteiger partial charge in [0.05, 0.1) is 38.6 Å². The first kappa shape index (κ1) is 60.6. The summed E-state index contributed by atoms with van der Waals surface area (Å²) in [7, 11) is 0. The molecule has 0 aliphatic heterocycles. The van der Waals surface area contributed by atoms with Crippen LogP contribution in [0.1, 0.15) is 297 Å². The van der Waals surface area contributed by atoms with E-state index in [-0.39, 0.29) is 5.97 Å². The minimum Gasteiger partial charge on any atom is -0.490 e. The maximum absolute atomic E-state index is 12.8. The molecular weight excluding hydrogens is 805 g/mol. The first-order chi connectivity index (χ1) is 32.1. The summed E-state index contributed by atoms with van der Waals surface area (Å²) in [6.07, 6.45) is 54.3. The molecular formula is C59H108O6. The van der Waals surface area contributed by atoms with E-state index in [1.54, 1.807) is 0 Å². The van der Waals surface area contributed by atoms with Crippen molar-refractivity contribution in [3.63, 3.8) is 0 Å². The molecule has 0 N–H and O–H groups in total. The molecule has 6 nitrogen and oxygen atoms in total. The molecule has 65 heavy (non-hydrogen) atoms. The van der Waals surface area contributed by atoms with E-state index in [0.29, 0.717) is 56.0 Å². The SMILES string of the molecule is CCCCCCCCCCCCOc1cc(OCCCCCCCCCCCC)c(OCCCCCCCCCCCC)c(C=CC(=O)OCC)c1OCCCCCCCCCCCC. The van der Waals surface area contributed by atoms with Crippen molar-refractivity contribution in [2.45, 2.75) is 291 Å². The van der Waals surface area contributed by atoms with Gasteiger partial charge in [0.1, 0.15) is 0 Å². The summed E-state index contributed by atoms with van der Waals surface area (Å²) < 4.78 is 32.1. The summed E-state index contributed by atoms with van der Waals surface area (Å²) in [6.45, 7) is 13.7. The third kappa shape index (κ3) is 36.4. The van der Waals surface area contributed by atoms with Crippen LogP contribution >= 0.6 is 0 Å². The zero-order valence-corrected chi connectivity index (χ0v) is 44.0. The third-order valence-corrected chi connectivity index (χ3v) is 12.9. The normalized spacial score (nSPS) is 11.5. The number of esters is 1. The minimum atomic E-state index is -0.377. The van der Waals surface area contributed by atoms with Crippen molar-refractivity contribution in [2.75, 3.05) is 33.0 Å². The summed E-state index contributed by atoms with van der Waals surface area (Å²) in [4.78, 5) is 12.8. The average Bonchev–Trinajstić information content (AvgIpc) is 3.31. The van der Waals surface area contributed by atoms with Gasteiger partial charge in [0.2, 0.25) is 0 Å². The maximum atomic E-state index is 12.8. The number of benzene rings is 1. The lowest BCUT2D eigenvalue weighted by Gasteiger charge is -2.22. The van der Waals surface area contributed by atoms with Gasteiger partial charge < -0.3 is 23.7 Å². The summed E-state index contributed by atoms with van der Waals surface area (Å²) in [6, 6.07) is 2.02. The third-order valence-electron chi connectivity index (χ3n) is 12.9. The number of carbonyl (C=O) groups excluding carboxylic acids is 1. The van der Waals surface area contributed by atoms with Crippen molar-refractivity contribution >= 4 is 12.0 Å². The highest BCUT2D eigenvalue weighted by Crippen LogP contribution is 2.46. The molecule has 380 valence electrons. The number of carbonyl (C=O) groups is 1. The molecule has 0 atom stereocenters. The Balaban J connectivity index is 3.23. The summed E-state index contributed by atoms with van der Waals surface area (Å²) in [5, 5.41) is 0. The van der Waals surface area contributed by atoms with Crippen LogP contribution < -0.4 is 18.9 Å². The van der Waals surface area contributed by atoms with Gasteiger partial charge in [-0.2, -0.15) is 0 Å². The molecule has 0 radical (unpaired) electrons. The molecule has 0 saturated heterocycles. The topological polar surface area (TPSA) is 63.2 Å². The van der Waals surface area contributed by atoms with Gasteiger partial charge in [0.25, 0.3) is 0 Å². The Labute approximate surface area is 404 Å². The second-order valence-electron chi connectivity index (χ2n) is 19.2. The van der Waals surface area contributed by atoms with E-state index in [4.69, 9.17) is 23.7 Å². The van der Waals surface area contributed by atoms with Gasteiger partial charge in [-0.25, -0.2) is 4.79 Å². The Morgan fingerprint density at radius 2 is 0.600 bits per heavy atom. The van der Waals surface area contributed by atoms with E-state index in [0.717, 1.165) is 56.9 Å². The predicted molar refractivity (Wildman–Crippen MR) is 281 cm³/mol. The van der Waals surface area contributed by atoms with Gasteiger partial charge in [-0.3, -0.25) is 0 Å². The van der Waals surface area contributed by atoms with Crippen molar-refractivity contribution in [2.24, 2.45) is 0 Å². The molecule has 0 fully saturated rings. The molecule has 0 amide bonds. The summed E-state index contributed by atoms with van der Waals surface area (Å²) >= 11 is 0. The molecule has 0 unspecified atom stereocenters. The number of hydrogen-bond donors (Lipinski definition) is 0. The Morgan fingerprint density at radius 1 is 0.354 bits per heavy atom. The Hall–Kier alpha value is -2.37. The minimum absolute atomic E-state index is 0.322. The predicted octanol–water partition coefficient (Wildman–Crippen LogP) is 19.5. The van der Waals surface area contributed by atoms with E-state index >= 15 is 0 Å². The van der Waals surface area contributed by atoms with Gasteiger partial charge in [-0.15, -0.1) is 0 Å². The molecule has 1 aromatic rings. The van der Waals surface area contributed by atoms with Crippen LogP contribution in [0.25, 0.3) is 6.08 Å². The van der Waals surface area contributed by atoms with Crippen molar-refractivity contribution in [3.05, 3.63) is 17.7 Å². The molecule has 0 spiro atoms. The number of ether oxygens (including phenoxy) is 5. The van der Waals surface area contributed by atoms with E-state index in [9.17, 15) is 4.79 Å². The van der Waals surface area contributed by atoms with Gasteiger partial charge >= 0.3 is 5.97 Å². The first-order valence-corrected chi connectivity index (χ1v) is 28.7. The van der Waals surface area contributed by atoms with Crippen molar-refractivity contribution in [1.82, 2.24) is 0 Å². The quantitative estimate of drug-likeness (QED) is 0.0369. The first-order valence-electron chi connectivity index (χ1n) is 28.7. The van der Waals surface area contributed by atoms with Crippen LogP contribution in [0.3, 0.4) is 0 Å². The van der Waals surface area contributed by atoms with Crippen LogP contribution in [0.2, 0.25) is 0 Å². The molecule has 1 aromatic carbocycles. The Bertz CT molecular complexity index is 1120. The average molecular weight is 914 g/mol. The molecule has 0 aliphatic carbocycles. The fraction of sp³-hybridized carbons (Fsp3) is 0.847. The fourth-order valence-electron chi connectivity index (χ4n) is 8.69. The van der Waals surface area contributed by atoms with Gasteiger partial charge in [0, 0.05) is 12.1 Å². The second-order valence-corrected chi connectivity index (χ2v) is 19.2. The van der Waals surface area contributed by atoms with E-state index in [1.165, 1.54) is 212 Å². The van der Waals surface area contributed by atoms with Crippen LogP contribution in [0.15, 0.2) is 12.1 Å². The fourth-order valence-corrected chi connectivity index (χ4v) is 8.69. The van der Waals surface area contributed by atoms with Crippen LogP contribution in [-0.4, -0.2) is 39.0 Å². The van der Waals surface area contributed by atoms with Crippen LogP contribution in [0, 0.1) is 0 Å². The number of rotatable bonds is 51. The Kier molecular flexibility index (Phi) is 44.9. The summed E-state index contributed by atoms with van der Waals surface area (Å²) in [5.41, 5.74) is 0.718. The van der Waals surface area contributed by atoms with E-state index < -0.39 is 0 Å². The van der Waals surface area contributed by atoms with Gasteiger partial charge in [-0.1, -0.05) is 259 Å². The van der Waals surface area contributed by atoms with E-state index in [1.807, 2.05) is 19.1 Å². The molecule has 1 rings (SSSR count). The van der Waals surface area contributed by atoms with Crippen LogP contribution in [0.5, 0.6) is 23.0 Å². The van der Waals surface area contributed by atoms with Gasteiger partial charge in [0.15, 0.2) is 23.0 Å². The highest BCUT2D eigenvalue weighted by Gasteiger charge is 2.23. The van der Waals surface area contributed by atoms with Crippen LogP contribution in [-0.2, 0) is 9.53 Å². The Morgan fingerprint density at radius 3 is 0.862 bits per heavy atom. The zero-order valence-electron chi connectivity index (χ0n) is 44.0. The molecule has 0 aliphatic rings. The molecule has 0 saturated carbocycles. The van der Waals surface area contributed by atoms with E-state index in [2.05, 4.69) is 27.7 Å². The lowest BCUT2D eigenvalue weighted by Crippen LogP contribution is -2.09. The monoisotopic (exact) mass is 913 g/mol. The molecule has 6 heteroatoms. The van der Waals surface area contributed by atoms with Crippen LogP contribution in [0.4, 0.5) is 0 Å². The second kappa shape index (κ2) is 48.1.